The molecular formula is C12H12N4O. The van der Waals surface area contributed by atoms with Crippen LogP contribution in [0.1, 0.15) is 5.56 Å². The number of aromatic amines is 1. The lowest BCUT2D eigenvalue weighted by atomic mass is 10.1. The number of anilines is 2. The molecule has 0 spiro atoms. The summed E-state index contributed by atoms with van der Waals surface area (Å²) in [6, 6.07) is 7.70. The molecule has 1 amide bonds. The van der Waals surface area contributed by atoms with Gasteiger partial charge in [-0.1, -0.05) is 12.1 Å². The van der Waals surface area contributed by atoms with Crippen molar-refractivity contribution in [3.63, 3.8) is 0 Å². The van der Waals surface area contributed by atoms with Gasteiger partial charge in [0.2, 0.25) is 5.91 Å². The maximum atomic E-state index is 11.6. The Morgan fingerprint density at radius 2 is 2.24 bits per heavy atom. The van der Waals surface area contributed by atoms with Crippen LogP contribution in [0, 0.1) is 0 Å². The van der Waals surface area contributed by atoms with Gasteiger partial charge < -0.3 is 10.6 Å². The minimum absolute atomic E-state index is 0.126. The number of benzene rings is 1. The molecule has 1 aromatic carbocycles. The largest absolute Gasteiger partial charge is 0.382 e. The molecule has 86 valence electrons. The Hall–Kier alpha value is -2.30. The lowest BCUT2D eigenvalue weighted by Crippen LogP contribution is -2.20. The molecule has 0 saturated heterocycles. The summed E-state index contributed by atoms with van der Waals surface area (Å²) >= 11 is 0. The highest BCUT2D eigenvalue weighted by molar-refractivity contribution is 6.01. The smallest absolute Gasteiger partial charge is 0.231 e. The Labute approximate surface area is 98.2 Å². The van der Waals surface area contributed by atoms with Crippen molar-refractivity contribution in [2.24, 2.45) is 0 Å². The maximum Gasteiger partial charge on any atom is 0.231 e. The molecule has 0 atom stereocenters. The second-order valence-corrected chi connectivity index (χ2v) is 4.18. The van der Waals surface area contributed by atoms with E-state index in [0.29, 0.717) is 12.2 Å². The highest BCUT2D eigenvalue weighted by Crippen LogP contribution is 2.32. The molecule has 5 heteroatoms. The molecule has 0 aliphatic carbocycles. The lowest BCUT2D eigenvalue weighted by Gasteiger charge is -2.10. The van der Waals surface area contributed by atoms with E-state index in [2.05, 4.69) is 10.2 Å². The molecule has 3 N–H and O–H groups in total. The first-order valence-corrected chi connectivity index (χ1v) is 5.36. The predicted molar refractivity (Wildman–Crippen MR) is 65.6 cm³/mol. The van der Waals surface area contributed by atoms with Crippen molar-refractivity contribution in [2.75, 3.05) is 17.7 Å². The summed E-state index contributed by atoms with van der Waals surface area (Å²) in [5.74, 6) is 0.589. The number of amides is 1. The third kappa shape index (κ3) is 1.47. The molecule has 0 saturated carbocycles. The van der Waals surface area contributed by atoms with E-state index in [9.17, 15) is 4.79 Å². The summed E-state index contributed by atoms with van der Waals surface area (Å²) in [6.07, 6.45) is 0.483. The van der Waals surface area contributed by atoms with Gasteiger partial charge in [-0.3, -0.25) is 9.89 Å². The van der Waals surface area contributed by atoms with Crippen molar-refractivity contribution in [3.8, 4) is 11.3 Å². The average molecular weight is 228 g/mol. The Morgan fingerprint density at radius 3 is 2.94 bits per heavy atom. The fourth-order valence-corrected chi connectivity index (χ4v) is 2.09. The fraction of sp³-hybridized carbons (Fsp3) is 0.167. The summed E-state index contributed by atoms with van der Waals surface area (Å²) in [6.45, 7) is 0. The molecule has 0 unspecified atom stereocenters. The average Bonchev–Trinajstić information content (AvgIpc) is 2.85. The number of hydrogen-bond acceptors (Lipinski definition) is 3. The molecule has 0 radical (unpaired) electrons. The van der Waals surface area contributed by atoms with Crippen molar-refractivity contribution in [3.05, 3.63) is 29.8 Å². The highest BCUT2D eigenvalue weighted by atomic mass is 16.2. The van der Waals surface area contributed by atoms with E-state index in [0.717, 1.165) is 22.5 Å². The zero-order valence-corrected chi connectivity index (χ0v) is 9.40. The van der Waals surface area contributed by atoms with E-state index in [1.165, 1.54) is 0 Å². The van der Waals surface area contributed by atoms with Crippen molar-refractivity contribution in [1.29, 1.82) is 0 Å². The molecule has 17 heavy (non-hydrogen) atoms. The normalized spacial score (nSPS) is 14.2. The number of nitrogen functional groups attached to an aromatic ring is 1. The second kappa shape index (κ2) is 3.35. The zero-order chi connectivity index (χ0) is 12.0. The number of nitrogens with one attached hydrogen (secondary N) is 1. The van der Waals surface area contributed by atoms with E-state index in [1.54, 1.807) is 18.0 Å². The molecular weight excluding hydrogens is 216 g/mol. The van der Waals surface area contributed by atoms with Gasteiger partial charge in [0.25, 0.3) is 0 Å². The van der Waals surface area contributed by atoms with Gasteiger partial charge in [-0.15, -0.1) is 0 Å². The number of carbonyl (C=O) groups excluding carboxylic acids is 1. The van der Waals surface area contributed by atoms with E-state index < -0.39 is 0 Å². The minimum Gasteiger partial charge on any atom is -0.382 e. The monoisotopic (exact) mass is 228 g/mol. The quantitative estimate of drug-likeness (QED) is 0.769. The van der Waals surface area contributed by atoms with Gasteiger partial charge in [0.05, 0.1) is 12.1 Å². The summed E-state index contributed by atoms with van der Waals surface area (Å²) in [5, 5.41) is 6.75. The Bertz CT molecular complexity index is 602. The number of rotatable bonds is 1. The van der Waals surface area contributed by atoms with Crippen molar-refractivity contribution in [2.45, 2.75) is 6.42 Å². The van der Waals surface area contributed by atoms with E-state index in [-0.39, 0.29) is 5.91 Å². The third-order valence-electron chi connectivity index (χ3n) is 3.07. The Morgan fingerprint density at radius 1 is 1.41 bits per heavy atom. The standard InChI is InChI=1S/C12H12N4O/c1-16-10-4-7(9-6-11(13)15-14-9)2-3-8(10)5-12(16)17/h2-4,6H,5H2,1H3,(H3,13,14,15). The number of likely N-dealkylation sites (N-methyl/N-ethyl adjacent to an activating group) is 1. The van der Waals surface area contributed by atoms with Crippen molar-refractivity contribution < 1.29 is 4.79 Å². The van der Waals surface area contributed by atoms with Crippen LogP contribution in [-0.4, -0.2) is 23.2 Å². The van der Waals surface area contributed by atoms with E-state index in [1.807, 2.05) is 18.2 Å². The maximum absolute atomic E-state index is 11.6. The van der Waals surface area contributed by atoms with Crippen LogP contribution in [0.4, 0.5) is 11.5 Å². The van der Waals surface area contributed by atoms with Crippen molar-refractivity contribution >= 4 is 17.4 Å². The molecule has 0 fully saturated rings. The van der Waals surface area contributed by atoms with Gasteiger partial charge in [0.1, 0.15) is 5.82 Å². The van der Waals surface area contributed by atoms with Crippen LogP contribution >= 0.6 is 0 Å². The van der Waals surface area contributed by atoms with Gasteiger partial charge in [0.15, 0.2) is 0 Å². The number of hydrogen-bond donors (Lipinski definition) is 2. The van der Waals surface area contributed by atoms with E-state index in [4.69, 9.17) is 5.73 Å². The number of nitrogens with zero attached hydrogens (tertiary/aromatic N) is 2. The molecule has 2 aromatic rings. The van der Waals surface area contributed by atoms with Gasteiger partial charge >= 0.3 is 0 Å². The van der Waals surface area contributed by atoms with Crippen LogP contribution < -0.4 is 10.6 Å². The number of fused-ring (bicyclic) bond motifs is 1. The van der Waals surface area contributed by atoms with Crippen LogP contribution in [0.25, 0.3) is 11.3 Å². The predicted octanol–water partition coefficient (Wildman–Crippen LogP) is 1.18. The van der Waals surface area contributed by atoms with Gasteiger partial charge in [-0.2, -0.15) is 5.10 Å². The first kappa shape index (κ1) is 9.89. The highest BCUT2D eigenvalue weighted by Gasteiger charge is 2.24. The summed E-state index contributed by atoms with van der Waals surface area (Å²) in [4.78, 5) is 13.2. The third-order valence-corrected chi connectivity index (χ3v) is 3.07. The zero-order valence-electron chi connectivity index (χ0n) is 9.40. The summed E-state index contributed by atoms with van der Waals surface area (Å²) in [5.41, 5.74) is 9.43. The fourth-order valence-electron chi connectivity index (χ4n) is 2.09. The Kier molecular flexibility index (Phi) is 1.95. The SMILES string of the molecule is CN1C(=O)Cc2ccc(-c3cc(N)n[nH]3)cc21. The molecule has 0 bridgehead atoms. The first-order chi connectivity index (χ1) is 8.15. The van der Waals surface area contributed by atoms with Gasteiger partial charge in [0, 0.05) is 24.4 Å². The van der Waals surface area contributed by atoms with Crippen LogP contribution in [0.15, 0.2) is 24.3 Å². The molecule has 5 nitrogen and oxygen atoms in total. The van der Waals surface area contributed by atoms with Crippen LogP contribution in [0.5, 0.6) is 0 Å². The van der Waals surface area contributed by atoms with Gasteiger partial charge in [-0.05, 0) is 11.6 Å². The summed E-state index contributed by atoms with van der Waals surface area (Å²) in [7, 11) is 1.79. The number of carbonyl (C=O) groups is 1. The number of H-pyrrole nitrogens is 1. The first-order valence-electron chi connectivity index (χ1n) is 5.36. The number of nitrogens with two attached hydrogens (primary N) is 1. The molecule has 1 aliphatic rings. The lowest BCUT2D eigenvalue weighted by molar-refractivity contribution is -0.117. The van der Waals surface area contributed by atoms with Crippen LogP contribution in [0.2, 0.25) is 0 Å². The number of aromatic nitrogens is 2. The van der Waals surface area contributed by atoms with Crippen LogP contribution in [0.3, 0.4) is 0 Å². The van der Waals surface area contributed by atoms with Gasteiger partial charge in [-0.25, -0.2) is 0 Å². The second-order valence-electron chi connectivity index (χ2n) is 4.18. The summed E-state index contributed by atoms with van der Waals surface area (Å²) < 4.78 is 0. The topological polar surface area (TPSA) is 75.0 Å². The van der Waals surface area contributed by atoms with E-state index >= 15 is 0 Å². The van der Waals surface area contributed by atoms with Crippen LogP contribution in [-0.2, 0) is 11.2 Å². The Balaban J connectivity index is 2.08. The molecule has 1 aromatic heterocycles. The minimum atomic E-state index is 0.126. The molecule has 1 aliphatic heterocycles. The molecule has 2 heterocycles. The molecule has 3 rings (SSSR count). The van der Waals surface area contributed by atoms with Crippen molar-refractivity contribution in [1.82, 2.24) is 10.2 Å².